The van der Waals surface area contributed by atoms with Crippen molar-refractivity contribution in [3.8, 4) is 0 Å². The number of carbonyl (C=O) groups excluding carboxylic acids is 1. The monoisotopic (exact) mass is 311 g/mol. The highest BCUT2D eigenvalue weighted by molar-refractivity contribution is 7.87. The lowest BCUT2D eigenvalue weighted by Crippen LogP contribution is -2.63. The Labute approximate surface area is 116 Å². The molecule has 20 heavy (non-hydrogen) atoms. The van der Waals surface area contributed by atoms with Crippen molar-refractivity contribution in [1.29, 1.82) is 0 Å². The van der Waals surface area contributed by atoms with Crippen LogP contribution in [0.25, 0.3) is 0 Å². The third-order valence-electron chi connectivity index (χ3n) is 3.73. The molecule has 0 radical (unpaired) electrons. The van der Waals surface area contributed by atoms with Gasteiger partial charge in [0.25, 0.3) is 0 Å². The lowest BCUT2D eigenvalue weighted by Gasteiger charge is -2.47. The molecule has 2 rings (SSSR count). The first kappa shape index (κ1) is 15.6. The van der Waals surface area contributed by atoms with E-state index in [1.165, 1.54) is 0 Å². The molecule has 2 saturated heterocycles. The fraction of sp³-hybridized carbons (Fsp3) is 0.909. The summed E-state index contributed by atoms with van der Waals surface area (Å²) in [6.07, 6.45) is -0.427. The Hall–Kier alpha value is -0.770. The van der Waals surface area contributed by atoms with Crippen LogP contribution in [0, 0.1) is 0 Å². The van der Waals surface area contributed by atoms with Gasteiger partial charge in [-0.1, -0.05) is 0 Å². The summed E-state index contributed by atoms with van der Waals surface area (Å²) in [5, 5.41) is 8.19. The number of hydrogen-bond donors (Lipinski definition) is 1. The van der Waals surface area contributed by atoms with E-state index in [4.69, 9.17) is 9.47 Å². The van der Waals surface area contributed by atoms with Gasteiger partial charge < -0.3 is 19.5 Å². The maximum absolute atomic E-state index is 13.0. The minimum Gasteiger partial charge on any atom is -0.394 e. The van der Waals surface area contributed by atoms with Gasteiger partial charge in [-0.05, 0) is 13.8 Å². The number of likely N-dealkylation sites (tertiary alicyclic amines) is 1. The second kappa shape index (κ2) is 4.90. The van der Waals surface area contributed by atoms with Gasteiger partial charge in [0.1, 0.15) is 10.8 Å². The van der Waals surface area contributed by atoms with Crippen LogP contribution in [-0.4, -0.2) is 67.3 Å². The van der Waals surface area contributed by atoms with Crippen LogP contribution in [0.2, 0.25) is 0 Å². The summed E-state index contributed by atoms with van der Waals surface area (Å²) in [6, 6.07) is 0. The largest absolute Gasteiger partial charge is 0.394 e. The van der Waals surface area contributed by atoms with Crippen LogP contribution < -0.4 is 0 Å². The Morgan fingerprint density at radius 1 is 1.40 bits per heavy atom. The van der Waals surface area contributed by atoms with Gasteiger partial charge in [0.05, 0.1) is 19.8 Å². The predicted octanol–water partition coefficient (Wildman–Crippen LogP) is -0.599. The number of halogens is 1. The summed E-state index contributed by atoms with van der Waals surface area (Å²) < 4.78 is 45.8. The second-order valence-corrected chi connectivity index (χ2v) is 7.28. The van der Waals surface area contributed by atoms with Crippen molar-refractivity contribution in [2.45, 2.75) is 36.8 Å². The molecule has 2 aliphatic rings. The lowest BCUT2D eigenvalue weighted by atomic mass is 9.99. The first-order chi connectivity index (χ1) is 9.10. The van der Waals surface area contributed by atoms with Crippen molar-refractivity contribution in [3.05, 3.63) is 0 Å². The summed E-state index contributed by atoms with van der Waals surface area (Å²) in [5.41, 5.74) is -1.16. The zero-order valence-electron chi connectivity index (χ0n) is 11.3. The van der Waals surface area contributed by atoms with E-state index in [-0.39, 0.29) is 19.8 Å². The zero-order valence-corrected chi connectivity index (χ0v) is 12.2. The van der Waals surface area contributed by atoms with E-state index in [0.29, 0.717) is 0 Å². The van der Waals surface area contributed by atoms with Gasteiger partial charge in [0.15, 0.2) is 5.79 Å². The van der Waals surface area contributed by atoms with Crippen molar-refractivity contribution in [2.75, 3.05) is 26.4 Å². The quantitative estimate of drug-likeness (QED) is 0.700. The van der Waals surface area contributed by atoms with Gasteiger partial charge in [-0.15, -0.1) is 3.89 Å². The molecule has 0 saturated carbocycles. The highest BCUT2D eigenvalue weighted by Gasteiger charge is 2.51. The normalized spacial score (nSPS) is 29.7. The average Bonchev–Trinajstić information content (AvgIpc) is 2.73. The molecule has 2 fully saturated rings. The summed E-state index contributed by atoms with van der Waals surface area (Å²) in [5.74, 6) is -1.37. The number of aliphatic hydroxyl groups excluding tert-OH is 1. The number of aliphatic hydroxyl groups is 1. The minimum atomic E-state index is -4.79. The molecule has 7 nitrogen and oxygen atoms in total. The molecule has 1 N–H and O–H groups in total. The topological polar surface area (TPSA) is 93.1 Å². The number of rotatable bonds is 3. The highest BCUT2D eigenvalue weighted by Crippen LogP contribution is 2.32. The molecule has 0 aromatic rings. The summed E-state index contributed by atoms with van der Waals surface area (Å²) >= 11 is 0. The second-order valence-electron chi connectivity index (χ2n) is 5.67. The first-order valence-corrected chi connectivity index (χ1v) is 7.67. The number of nitrogens with zero attached hydrogens (tertiary/aromatic N) is 1. The Balaban J connectivity index is 2.19. The molecule has 2 aliphatic heterocycles. The summed E-state index contributed by atoms with van der Waals surface area (Å²) in [4.78, 5) is 13.1. The van der Waals surface area contributed by atoms with Crippen molar-refractivity contribution in [2.24, 2.45) is 0 Å². The predicted molar refractivity (Wildman–Crippen MR) is 65.9 cm³/mol. The average molecular weight is 311 g/mol. The fourth-order valence-electron chi connectivity index (χ4n) is 2.35. The molecule has 0 bridgehead atoms. The molecule has 1 unspecified atom stereocenters. The molecule has 2 heterocycles. The molecule has 0 aromatic carbocycles. The Bertz CT molecular complexity index is 495. The maximum atomic E-state index is 13.0. The Morgan fingerprint density at radius 3 is 2.35 bits per heavy atom. The zero-order chi connectivity index (χ0) is 15.2. The van der Waals surface area contributed by atoms with E-state index < -0.39 is 45.7 Å². The third kappa shape index (κ3) is 2.80. The first-order valence-electron chi connectivity index (χ1n) is 6.22. The Kier molecular flexibility index (Phi) is 3.83. The van der Waals surface area contributed by atoms with E-state index in [9.17, 15) is 22.2 Å². The van der Waals surface area contributed by atoms with Gasteiger partial charge in [-0.2, -0.15) is 8.42 Å². The van der Waals surface area contributed by atoms with Gasteiger partial charge >= 0.3 is 10.2 Å². The number of carbonyl (C=O) groups is 1. The maximum Gasteiger partial charge on any atom is 0.307 e. The molecule has 116 valence electrons. The van der Waals surface area contributed by atoms with Crippen molar-refractivity contribution < 1.29 is 31.7 Å². The number of ether oxygens (including phenoxy) is 2. The number of hydrogen-bond acceptors (Lipinski definition) is 6. The third-order valence-corrected chi connectivity index (χ3v) is 4.84. The fourth-order valence-corrected chi connectivity index (χ4v) is 3.02. The molecule has 1 atom stereocenters. The van der Waals surface area contributed by atoms with E-state index in [1.54, 1.807) is 13.8 Å². The number of amides is 1. The summed E-state index contributed by atoms with van der Waals surface area (Å²) in [6.45, 7) is 2.63. The van der Waals surface area contributed by atoms with Crippen molar-refractivity contribution in [1.82, 2.24) is 4.90 Å². The van der Waals surface area contributed by atoms with Gasteiger partial charge in [0.2, 0.25) is 5.91 Å². The van der Waals surface area contributed by atoms with E-state index in [0.717, 1.165) is 4.90 Å². The van der Waals surface area contributed by atoms with Crippen LogP contribution in [0.1, 0.15) is 20.3 Å². The smallest absolute Gasteiger partial charge is 0.307 e. The molecule has 0 aliphatic carbocycles. The highest BCUT2D eigenvalue weighted by atomic mass is 32.3. The standard InChI is InChI=1S/C11H18FNO6S/c1-10(2)18-6-11(5-14,7-19-10)13-4-8(3-9(13)15)20(12,16)17/h8,14H,3-7H2,1-2H3. The minimum absolute atomic E-state index is 0.00128. The van der Waals surface area contributed by atoms with Crippen LogP contribution in [0.5, 0.6) is 0 Å². The van der Waals surface area contributed by atoms with E-state index in [2.05, 4.69) is 0 Å². The molecular weight excluding hydrogens is 293 g/mol. The molecule has 9 heteroatoms. The van der Waals surface area contributed by atoms with E-state index in [1.807, 2.05) is 0 Å². The van der Waals surface area contributed by atoms with Gasteiger partial charge in [-0.25, -0.2) is 0 Å². The summed E-state index contributed by atoms with van der Waals surface area (Å²) in [7, 11) is -4.79. The molecule has 0 aromatic heterocycles. The van der Waals surface area contributed by atoms with Crippen LogP contribution in [0.4, 0.5) is 3.89 Å². The van der Waals surface area contributed by atoms with Gasteiger partial charge in [-0.3, -0.25) is 4.79 Å². The molecular formula is C11H18FNO6S. The lowest BCUT2D eigenvalue weighted by molar-refractivity contribution is -0.288. The van der Waals surface area contributed by atoms with Gasteiger partial charge in [0, 0.05) is 13.0 Å². The van der Waals surface area contributed by atoms with Crippen molar-refractivity contribution >= 4 is 16.1 Å². The SMILES string of the molecule is CC1(C)OCC(CO)(N2CC(S(=O)(=O)F)CC2=O)CO1. The van der Waals surface area contributed by atoms with E-state index >= 15 is 0 Å². The molecule has 0 spiro atoms. The Morgan fingerprint density at radius 2 is 1.95 bits per heavy atom. The molecule has 1 amide bonds. The van der Waals surface area contributed by atoms with Crippen LogP contribution >= 0.6 is 0 Å². The van der Waals surface area contributed by atoms with Crippen molar-refractivity contribution in [3.63, 3.8) is 0 Å². The van der Waals surface area contributed by atoms with Crippen LogP contribution in [-0.2, 0) is 24.5 Å². The van der Waals surface area contributed by atoms with Crippen LogP contribution in [0.3, 0.4) is 0 Å². The van der Waals surface area contributed by atoms with Crippen LogP contribution in [0.15, 0.2) is 0 Å².